The number of rotatable bonds is 3. The average molecular weight is 343 g/mol. The summed E-state index contributed by atoms with van der Waals surface area (Å²) in [5.74, 6) is -0.359. The summed E-state index contributed by atoms with van der Waals surface area (Å²) in [6, 6.07) is 9.08. The van der Waals surface area contributed by atoms with Gasteiger partial charge in [-0.1, -0.05) is 39.7 Å². The molecule has 2 aromatic rings. The van der Waals surface area contributed by atoms with Gasteiger partial charge in [0.2, 0.25) is 0 Å². The van der Waals surface area contributed by atoms with Gasteiger partial charge in [-0.05, 0) is 43.2 Å². The minimum absolute atomic E-state index is 0.155. The van der Waals surface area contributed by atoms with Crippen molar-refractivity contribution in [1.82, 2.24) is 0 Å². The standard InChI is InChI=1S/C15H14BrClFN/c1-9-6-12(7-10(2)14(9)16)19-8-11-4-3-5-13(17)15(11)18/h3-7,19H,8H2,1-2H3. The van der Waals surface area contributed by atoms with Gasteiger partial charge in [-0.3, -0.25) is 0 Å². The van der Waals surface area contributed by atoms with Crippen LogP contribution in [0.25, 0.3) is 0 Å². The zero-order valence-corrected chi connectivity index (χ0v) is 13.1. The highest BCUT2D eigenvalue weighted by molar-refractivity contribution is 9.10. The third-order valence-electron chi connectivity index (χ3n) is 2.95. The maximum absolute atomic E-state index is 13.7. The molecule has 0 aliphatic carbocycles. The first kappa shape index (κ1) is 14.4. The molecule has 0 aliphatic heterocycles. The number of anilines is 1. The van der Waals surface area contributed by atoms with E-state index in [4.69, 9.17) is 11.6 Å². The van der Waals surface area contributed by atoms with Crippen molar-refractivity contribution in [2.45, 2.75) is 20.4 Å². The average Bonchev–Trinajstić information content (AvgIpc) is 2.37. The molecule has 2 rings (SSSR count). The Kier molecular flexibility index (Phi) is 4.48. The lowest BCUT2D eigenvalue weighted by atomic mass is 10.1. The van der Waals surface area contributed by atoms with Gasteiger partial charge in [-0.25, -0.2) is 4.39 Å². The second kappa shape index (κ2) is 5.93. The van der Waals surface area contributed by atoms with Crippen molar-refractivity contribution in [2.24, 2.45) is 0 Å². The Morgan fingerprint density at radius 2 is 1.84 bits per heavy atom. The highest BCUT2D eigenvalue weighted by atomic mass is 79.9. The summed E-state index contributed by atoms with van der Waals surface area (Å²) in [5.41, 5.74) is 3.83. The van der Waals surface area contributed by atoms with Crippen LogP contribution in [0.4, 0.5) is 10.1 Å². The molecule has 0 amide bonds. The molecule has 0 saturated carbocycles. The van der Waals surface area contributed by atoms with Crippen molar-refractivity contribution in [3.63, 3.8) is 0 Å². The van der Waals surface area contributed by atoms with Crippen molar-refractivity contribution in [2.75, 3.05) is 5.32 Å². The Bertz CT molecular complexity index is 590. The lowest BCUT2D eigenvalue weighted by Crippen LogP contribution is -2.02. The number of benzene rings is 2. The predicted molar refractivity (Wildman–Crippen MR) is 82.4 cm³/mol. The molecule has 0 heterocycles. The van der Waals surface area contributed by atoms with Crippen molar-refractivity contribution in [3.8, 4) is 0 Å². The van der Waals surface area contributed by atoms with Crippen LogP contribution in [0.2, 0.25) is 5.02 Å². The van der Waals surface area contributed by atoms with Crippen molar-refractivity contribution in [1.29, 1.82) is 0 Å². The van der Waals surface area contributed by atoms with E-state index in [-0.39, 0.29) is 10.8 Å². The smallest absolute Gasteiger partial charge is 0.146 e. The van der Waals surface area contributed by atoms with Crippen LogP contribution in [0.5, 0.6) is 0 Å². The summed E-state index contributed by atoms with van der Waals surface area (Å²) < 4.78 is 14.9. The number of aryl methyl sites for hydroxylation is 2. The minimum Gasteiger partial charge on any atom is -0.381 e. The number of hydrogen-bond donors (Lipinski definition) is 1. The molecular formula is C15H14BrClFN. The third-order valence-corrected chi connectivity index (χ3v) is 4.49. The summed E-state index contributed by atoms with van der Waals surface area (Å²) in [4.78, 5) is 0. The summed E-state index contributed by atoms with van der Waals surface area (Å²) in [7, 11) is 0. The van der Waals surface area contributed by atoms with E-state index in [1.165, 1.54) is 0 Å². The largest absolute Gasteiger partial charge is 0.381 e. The molecule has 2 aromatic carbocycles. The molecule has 19 heavy (non-hydrogen) atoms. The summed E-state index contributed by atoms with van der Waals surface area (Å²) >= 11 is 9.28. The first-order valence-corrected chi connectivity index (χ1v) is 7.09. The SMILES string of the molecule is Cc1cc(NCc2cccc(Cl)c2F)cc(C)c1Br. The Morgan fingerprint density at radius 1 is 1.21 bits per heavy atom. The molecular weight excluding hydrogens is 329 g/mol. The van der Waals surface area contributed by atoms with E-state index in [1.54, 1.807) is 18.2 Å². The Balaban J connectivity index is 2.17. The molecule has 100 valence electrons. The fourth-order valence-electron chi connectivity index (χ4n) is 1.93. The lowest BCUT2D eigenvalue weighted by molar-refractivity contribution is 0.613. The summed E-state index contributed by atoms with van der Waals surface area (Å²) in [6.07, 6.45) is 0. The fourth-order valence-corrected chi connectivity index (χ4v) is 2.35. The molecule has 1 N–H and O–H groups in total. The van der Waals surface area contributed by atoms with Crippen LogP contribution in [-0.2, 0) is 6.54 Å². The predicted octanol–water partition coefficient (Wildman–Crippen LogP) is 5.47. The van der Waals surface area contributed by atoms with Crippen molar-refractivity contribution < 1.29 is 4.39 Å². The van der Waals surface area contributed by atoms with Crippen LogP contribution in [0.1, 0.15) is 16.7 Å². The van der Waals surface area contributed by atoms with Crippen molar-refractivity contribution in [3.05, 3.63) is 62.3 Å². The van der Waals surface area contributed by atoms with Crippen LogP contribution in [0, 0.1) is 19.7 Å². The zero-order valence-electron chi connectivity index (χ0n) is 10.7. The van der Waals surface area contributed by atoms with Gasteiger partial charge in [-0.2, -0.15) is 0 Å². The molecule has 0 aromatic heterocycles. The van der Waals surface area contributed by atoms with E-state index < -0.39 is 0 Å². The fraction of sp³-hybridized carbons (Fsp3) is 0.200. The van der Waals surface area contributed by atoms with Gasteiger partial charge in [0.25, 0.3) is 0 Å². The normalized spacial score (nSPS) is 10.6. The Labute approximate surface area is 125 Å². The Morgan fingerprint density at radius 3 is 2.47 bits per heavy atom. The van der Waals surface area contributed by atoms with Crippen LogP contribution in [0.3, 0.4) is 0 Å². The summed E-state index contributed by atoms with van der Waals surface area (Å²) in [5, 5.41) is 3.37. The zero-order chi connectivity index (χ0) is 14.0. The van der Waals surface area contributed by atoms with Crippen LogP contribution in [-0.4, -0.2) is 0 Å². The van der Waals surface area contributed by atoms with Gasteiger partial charge in [0.1, 0.15) is 5.82 Å². The minimum atomic E-state index is -0.359. The van der Waals surface area contributed by atoms with Gasteiger partial charge in [0, 0.05) is 22.3 Å². The van der Waals surface area contributed by atoms with E-state index in [0.29, 0.717) is 12.1 Å². The topological polar surface area (TPSA) is 12.0 Å². The maximum Gasteiger partial charge on any atom is 0.146 e. The van der Waals surface area contributed by atoms with Crippen LogP contribution >= 0.6 is 27.5 Å². The molecule has 1 nitrogen and oxygen atoms in total. The second-order valence-corrected chi connectivity index (χ2v) is 5.69. The van der Waals surface area contributed by atoms with Crippen molar-refractivity contribution >= 4 is 33.2 Å². The monoisotopic (exact) mass is 341 g/mol. The summed E-state index contributed by atoms with van der Waals surface area (Å²) in [6.45, 7) is 4.47. The van der Waals surface area contributed by atoms with Gasteiger partial charge in [0.05, 0.1) is 5.02 Å². The molecule has 0 aliphatic rings. The van der Waals surface area contributed by atoms with E-state index in [2.05, 4.69) is 21.2 Å². The highest BCUT2D eigenvalue weighted by Gasteiger charge is 2.07. The van der Waals surface area contributed by atoms with Crippen LogP contribution < -0.4 is 5.32 Å². The van der Waals surface area contributed by atoms with E-state index in [1.807, 2.05) is 26.0 Å². The van der Waals surface area contributed by atoms with Gasteiger partial charge < -0.3 is 5.32 Å². The van der Waals surface area contributed by atoms with E-state index in [9.17, 15) is 4.39 Å². The highest BCUT2D eigenvalue weighted by Crippen LogP contribution is 2.26. The lowest BCUT2D eigenvalue weighted by Gasteiger charge is -2.11. The first-order valence-electron chi connectivity index (χ1n) is 5.92. The Hall–Kier alpha value is -1.06. The number of hydrogen-bond acceptors (Lipinski definition) is 1. The molecule has 0 unspecified atom stereocenters. The van der Waals surface area contributed by atoms with E-state index in [0.717, 1.165) is 21.3 Å². The quantitative estimate of drug-likeness (QED) is 0.780. The first-order chi connectivity index (χ1) is 8.99. The van der Waals surface area contributed by atoms with Gasteiger partial charge in [0.15, 0.2) is 0 Å². The van der Waals surface area contributed by atoms with E-state index >= 15 is 0 Å². The molecule has 0 bridgehead atoms. The number of halogens is 3. The number of nitrogens with one attached hydrogen (secondary N) is 1. The maximum atomic E-state index is 13.7. The third kappa shape index (κ3) is 3.28. The molecule has 0 fully saturated rings. The molecule has 4 heteroatoms. The molecule has 0 spiro atoms. The second-order valence-electron chi connectivity index (χ2n) is 4.49. The molecule has 0 saturated heterocycles. The van der Waals surface area contributed by atoms with Crippen LogP contribution in [0.15, 0.2) is 34.8 Å². The van der Waals surface area contributed by atoms with Gasteiger partial charge in [-0.15, -0.1) is 0 Å². The van der Waals surface area contributed by atoms with Gasteiger partial charge >= 0.3 is 0 Å². The molecule has 0 radical (unpaired) electrons. The molecule has 0 atom stereocenters.